The number of para-hydroxylation sites is 1. The number of hydrogen-bond acceptors (Lipinski definition) is 1. The first-order valence-electron chi connectivity index (χ1n) is 8.79. The summed E-state index contributed by atoms with van der Waals surface area (Å²) in [6.07, 6.45) is 0. The molecule has 0 spiro atoms. The Kier molecular flexibility index (Phi) is 3.22. The maximum atomic E-state index is 13.4. The van der Waals surface area contributed by atoms with Gasteiger partial charge in [-0.25, -0.2) is 4.79 Å². The fraction of sp³-hybridized carbons (Fsp3) is 0.0870. The minimum absolute atomic E-state index is 0.00101. The van der Waals surface area contributed by atoms with Gasteiger partial charge < -0.3 is 0 Å². The molecule has 3 heteroatoms. The lowest BCUT2D eigenvalue weighted by Crippen LogP contribution is -2.29. The molecule has 0 aliphatic carbocycles. The van der Waals surface area contributed by atoms with Crippen LogP contribution in [-0.2, 0) is 0 Å². The molecule has 0 fully saturated rings. The predicted molar refractivity (Wildman–Crippen MR) is 105 cm³/mol. The number of carbonyl (C=O) groups is 1. The van der Waals surface area contributed by atoms with Crippen molar-refractivity contribution >= 4 is 22.6 Å². The van der Waals surface area contributed by atoms with Crippen molar-refractivity contribution < 1.29 is 4.79 Å². The van der Waals surface area contributed by atoms with Crippen LogP contribution in [-0.4, -0.2) is 10.6 Å². The maximum Gasteiger partial charge on any atom is 0.334 e. The van der Waals surface area contributed by atoms with E-state index in [1.54, 1.807) is 0 Å². The molecule has 5 rings (SSSR count). The van der Waals surface area contributed by atoms with Crippen LogP contribution >= 0.6 is 0 Å². The van der Waals surface area contributed by atoms with Gasteiger partial charge in [0.05, 0.1) is 11.2 Å². The van der Waals surface area contributed by atoms with Gasteiger partial charge in [-0.05, 0) is 36.8 Å². The fourth-order valence-corrected chi connectivity index (χ4v) is 3.86. The molecule has 0 saturated carbocycles. The molecule has 0 bridgehead atoms. The van der Waals surface area contributed by atoms with E-state index < -0.39 is 0 Å². The molecule has 3 nitrogen and oxygen atoms in total. The van der Waals surface area contributed by atoms with Crippen LogP contribution < -0.4 is 4.90 Å². The zero-order valence-electron chi connectivity index (χ0n) is 14.5. The van der Waals surface area contributed by atoms with E-state index in [4.69, 9.17) is 0 Å². The predicted octanol–water partition coefficient (Wildman–Crippen LogP) is 5.53. The number of aryl methyl sites for hydroxylation is 1. The van der Waals surface area contributed by atoms with Crippen LogP contribution in [0.4, 0.5) is 10.5 Å². The first-order valence-corrected chi connectivity index (χ1v) is 8.79. The molecule has 1 aliphatic rings. The number of anilines is 1. The molecular formula is C23H18N2O. The second-order valence-corrected chi connectivity index (χ2v) is 6.76. The molecule has 26 heavy (non-hydrogen) atoms. The van der Waals surface area contributed by atoms with Gasteiger partial charge >= 0.3 is 6.03 Å². The molecule has 3 aromatic carbocycles. The van der Waals surface area contributed by atoms with Crippen molar-refractivity contribution in [2.75, 3.05) is 4.90 Å². The number of nitrogens with zero attached hydrogens (tertiary/aromatic N) is 2. The van der Waals surface area contributed by atoms with Gasteiger partial charge in [0.15, 0.2) is 0 Å². The van der Waals surface area contributed by atoms with E-state index in [1.165, 1.54) is 5.56 Å². The van der Waals surface area contributed by atoms with E-state index in [-0.39, 0.29) is 12.1 Å². The summed E-state index contributed by atoms with van der Waals surface area (Å²) in [7, 11) is 0. The van der Waals surface area contributed by atoms with Gasteiger partial charge in [0.2, 0.25) is 0 Å². The van der Waals surface area contributed by atoms with Crippen molar-refractivity contribution in [2.24, 2.45) is 0 Å². The summed E-state index contributed by atoms with van der Waals surface area (Å²) in [4.78, 5) is 15.3. The van der Waals surface area contributed by atoms with E-state index in [2.05, 4.69) is 43.3 Å². The molecule has 2 heterocycles. The molecule has 1 atom stereocenters. The van der Waals surface area contributed by atoms with Gasteiger partial charge in [0.25, 0.3) is 0 Å². The second kappa shape index (κ2) is 5.60. The standard InChI is InChI=1S/C23H18N2O/c1-16-11-13-19(14-12-16)24-22(17-7-3-2-4-8-17)21-15-18-9-5-6-10-20(18)25(21)23(24)26/h2-15,22H,1H3. The third kappa shape index (κ3) is 2.10. The summed E-state index contributed by atoms with van der Waals surface area (Å²) in [6, 6.07) is 28.5. The SMILES string of the molecule is Cc1ccc(N2C(=O)n3c(cc4ccccc43)C2c2ccccc2)cc1. The highest BCUT2D eigenvalue weighted by Gasteiger charge is 2.39. The summed E-state index contributed by atoms with van der Waals surface area (Å²) < 4.78 is 1.85. The quantitative estimate of drug-likeness (QED) is 0.472. The lowest BCUT2D eigenvalue weighted by Gasteiger charge is -2.25. The van der Waals surface area contributed by atoms with E-state index in [0.29, 0.717) is 0 Å². The van der Waals surface area contributed by atoms with E-state index in [9.17, 15) is 4.79 Å². The third-order valence-electron chi connectivity index (χ3n) is 5.10. The van der Waals surface area contributed by atoms with Gasteiger partial charge in [-0.3, -0.25) is 9.47 Å². The highest BCUT2D eigenvalue weighted by Crippen LogP contribution is 2.41. The van der Waals surface area contributed by atoms with Crippen molar-refractivity contribution in [3.63, 3.8) is 0 Å². The minimum Gasteiger partial charge on any atom is -0.281 e. The Bertz CT molecular complexity index is 1110. The Balaban J connectivity index is 1.76. The van der Waals surface area contributed by atoms with E-state index >= 15 is 0 Å². The summed E-state index contributed by atoms with van der Waals surface area (Å²) in [5, 5.41) is 1.10. The lowest BCUT2D eigenvalue weighted by molar-refractivity contribution is 0.251. The molecule has 0 N–H and O–H groups in total. The Morgan fingerprint density at radius 1 is 0.808 bits per heavy atom. The first kappa shape index (κ1) is 15.0. The number of aromatic nitrogens is 1. The van der Waals surface area contributed by atoms with Gasteiger partial charge in [0.1, 0.15) is 6.04 Å². The molecule has 1 aliphatic heterocycles. The summed E-state index contributed by atoms with van der Waals surface area (Å²) in [6.45, 7) is 2.06. The largest absolute Gasteiger partial charge is 0.334 e. The van der Waals surface area contributed by atoms with Crippen molar-refractivity contribution in [3.05, 3.63) is 102 Å². The normalized spacial score (nSPS) is 16.3. The zero-order valence-corrected chi connectivity index (χ0v) is 14.5. The van der Waals surface area contributed by atoms with Crippen LogP contribution in [0.5, 0.6) is 0 Å². The fourth-order valence-electron chi connectivity index (χ4n) is 3.86. The van der Waals surface area contributed by atoms with Crippen LogP contribution in [0.25, 0.3) is 10.9 Å². The van der Waals surface area contributed by atoms with E-state index in [1.807, 2.05) is 58.0 Å². The van der Waals surface area contributed by atoms with Crippen LogP contribution in [0.15, 0.2) is 84.9 Å². The number of benzene rings is 3. The Morgan fingerprint density at radius 2 is 1.50 bits per heavy atom. The van der Waals surface area contributed by atoms with Crippen molar-refractivity contribution in [2.45, 2.75) is 13.0 Å². The lowest BCUT2D eigenvalue weighted by atomic mass is 10.0. The summed E-state index contributed by atoms with van der Waals surface area (Å²) in [5.74, 6) is 0. The average molecular weight is 338 g/mol. The number of fused-ring (bicyclic) bond motifs is 3. The van der Waals surface area contributed by atoms with Crippen LogP contribution in [0, 0.1) is 6.92 Å². The number of carbonyl (C=O) groups excluding carboxylic acids is 1. The Hall–Kier alpha value is -3.33. The van der Waals surface area contributed by atoms with Gasteiger partial charge in [-0.2, -0.15) is 0 Å². The first-order chi connectivity index (χ1) is 12.7. The van der Waals surface area contributed by atoms with Crippen molar-refractivity contribution in [3.8, 4) is 0 Å². The highest BCUT2D eigenvalue weighted by atomic mass is 16.2. The molecule has 0 saturated heterocycles. The Labute approximate surface area is 152 Å². The highest BCUT2D eigenvalue weighted by molar-refractivity contribution is 6.05. The van der Waals surface area contributed by atoms with Crippen LogP contribution in [0.1, 0.15) is 22.9 Å². The van der Waals surface area contributed by atoms with Crippen LogP contribution in [0.3, 0.4) is 0 Å². The zero-order chi connectivity index (χ0) is 17.7. The summed E-state index contributed by atoms with van der Waals surface area (Å²) >= 11 is 0. The third-order valence-corrected chi connectivity index (χ3v) is 5.10. The van der Waals surface area contributed by atoms with Gasteiger partial charge in [0, 0.05) is 11.1 Å². The topological polar surface area (TPSA) is 25.2 Å². The molecule has 0 radical (unpaired) electrons. The van der Waals surface area contributed by atoms with Gasteiger partial charge in [-0.1, -0.05) is 66.2 Å². The molecular weight excluding hydrogens is 320 g/mol. The molecule has 126 valence electrons. The van der Waals surface area contributed by atoms with Crippen LogP contribution in [0.2, 0.25) is 0 Å². The smallest absolute Gasteiger partial charge is 0.281 e. The van der Waals surface area contributed by atoms with E-state index in [0.717, 1.165) is 27.8 Å². The maximum absolute atomic E-state index is 13.4. The summed E-state index contributed by atoms with van der Waals surface area (Å²) in [5.41, 5.74) is 5.19. The van der Waals surface area contributed by atoms with Crippen molar-refractivity contribution in [1.29, 1.82) is 0 Å². The molecule has 4 aromatic rings. The minimum atomic E-state index is -0.126. The molecule has 1 unspecified atom stereocenters. The number of hydrogen-bond donors (Lipinski definition) is 0. The molecule has 1 amide bonds. The Morgan fingerprint density at radius 3 is 2.27 bits per heavy atom. The second-order valence-electron chi connectivity index (χ2n) is 6.76. The number of amides is 1. The average Bonchev–Trinajstić information content (AvgIpc) is 3.18. The monoisotopic (exact) mass is 338 g/mol. The molecule has 1 aromatic heterocycles. The number of rotatable bonds is 2. The van der Waals surface area contributed by atoms with Gasteiger partial charge in [-0.15, -0.1) is 0 Å². The van der Waals surface area contributed by atoms with Crippen molar-refractivity contribution in [1.82, 2.24) is 4.57 Å².